The second kappa shape index (κ2) is 8.16. The number of nitrogens with zero attached hydrogens (tertiary/aromatic N) is 4. The highest BCUT2D eigenvalue weighted by Crippen LogP contribution is 2.38. The molecule has 4 aromatic rings. The number of piperidine rings is 1. The number of aromatic nitrogens is 4. The fourth-order valence-corrected chi connectivity index (χ4v) is 5.14. The first kappa shape index (κ1) is 20.3. The average Bonchev–Trinajstić information content (AvgIpc) is 3.44. The van der Waals surface area contributed by atoms with Gasteiger partial charge in [0, 0.05) is 36.4 Å². The van der Waals surface area contributed by atoms with Crippen LogP contribution in [0, 0.1) is 12.8 Å². The molecule has 1 fully saturated rings. The molecule has 5 rings (SSSR count). The molecule has 0 aliphatic carbocycles. The minimum Gasteiger partial charge on any atom is -0.481 e. The van der Waals surface area contributed by atoms with Crippen molar-refractivity contribution in [1.29, 1.82) is 0 Å². The molecule has 1 aliphatic heterocycles. The minimum atomic E-state index is -0.801. The number of aryl methyl sites for hydroxylation is 1. The van der Waals surface area contributed by atoms with Crippen molar-refractivity contribution in [3.63, 3.8) is 0 Å². The number of amides is 1. The zero-order valence-electron chi connectivity index (χ0n) is 17.4. The van der Waals surface area contributed by atoms with Gasteiger partial charge in [0.1, 0.15) is 16.4 Å². The second-order valence-corrected chi connectivity index (χ2v) is 8.91. The number of hydrogen-bond acceptors (Lipinski definition) is 6. The highest BCUT2D eigenvalue weighted by molar-refractivity contribution is 7.18. The van der Waals surface area contributed by atoms with E-state index in [1.807, 2.05) is 37.3 Å². The van der Waals surface area contributed by atoms with Crippen LogP contribution in [0.15, 0.2) is 42.7 Å². The highest BCUT2D eigenvalue weighted by atomic mass is 32.1. The van der Waals surface area contributed by atoms with Gasteiger partial charge in [-0.1, -0.05) is 24.3 Å². The maximum Gasteiger partial charge on any atom is 0.306 e. The van der Waals surface area contributed by atoms with Gasteiger partial charge in [-0.25, -0.2) is 4.98 Å². The van der Waals surface area contributed by atoms with Crippen LogP contribution in [0.1, 0.15) is 28.9 Å². The molecule has 0 bridgehead atoms. The van der Waals surface area contributed by atoms with Gasteiger partial charge >= 0.3 is 5.97 Å². The van der Waals surface area contributed by atoms with Gasteiger partial charge in [-0.05, 0) is 31.4 Å². The lowest BCUT2D eigenvalue weighted by Crippen LogP contribution is -2.40. The number of likely N-dealkylation sites (tertiary alicyclic amines) is 1. The first-order valence-electron chi connectivity index (χ1n) is 10.4. The number of fused-ring (bicyclic) bond motifs is 1. The van der Waals surface area contributed by atoms with E-state index in [0.29, 0.717) is 42.3 Å². The largest absolute Gasteiger partial charge is 0.481 e. The molecule has 8 nitrogen and oxygen atoms in total. The van der Waals surface area contributed by atoms with Crippen LogP contribution in [0.5, 0.6) is 0 Å². The smallest absolute Gasteiger partial charge is 0.306 e. The van der Waals surface area contributed by atoms with E-state index in [2.05, 4.69) is 15.2 Å². The summed E-state index contributed by atoms with van der Waals surface area (Å²) in [5.41, 5.74) is 3.92. The van der Waals surface area contributed by atoms with Crippen molar-refractivity contribution >= 4 is 34.1 Å². The van der Waals surface area contributed by atoms with Crippen molar-refractivity contribution in [3.8, 4) is 21.1 Å². The summed E-state index contributed by atoms with van der Waals surface area (Å²) in [5, 5.41) is 18.4. The first-order chi connectivity index (χ1) is 15.5. The molecule has 0 spiro atoms. The Labute approximate surface area is 187 Å². The van der Waals surface area contributed by atoms with Crippen molar-refractivity contribution in [2.45, 2.75) is 19.8 Å². The number of pyridine rings is 1. The topological polar surface area (TPSA) is 112 Å². The number of hydrogen-bond donors (Lipinski definition) is 2. The van der Waals surface area contributed by atoms with E-state index in [1.165, 1.54) is 11.3 Å². The van der Waals surface area contributed by atoms with E-state index >= 15 is 0 Å². The summed E-state index contributed by atoms with van der Waals surface area (Å²) >= 11 is 1.41. The number of nitrogens with one attached hydrogen (secondary N) is 1. The Morgan fingerprint density at radius 1 is 1.19 bits per heavy atom. The molecule has 1 saturated heterocycles. The fourth-order valence-electron chi connectivity index (χ4n) is 4.09. The van der Waals surface area contributed by atoms with Crippen LogP contribution in [0.4, 0.5) is 0 Å². The van der Waals surface area contributed by atoms with Crippen LogP contribution < -0.4 is 0 Å². The molecule has 1 aliphatic rings. The van der Waals surface area contributed by atoms with E-state index in [-0.39, 0.29) is 5.91 Å². The van der Waals surface area contributed by atoms with Gasteiger partial charge in [0.2, 0.25) is 0 Å². The summed E-state index contributed by atoms with van der Waals surface area (Å²) in [5.74, 6) is -1.39. The van der Waals surface area contributed by atoms with Crippen LogP contribution in [0.3, 0.4) is 0 Å². The Morgan fingerprint density at radius 2 is 2.00 bits per heavy atom. The van der Waals surface area contributed by atoms with E-state index in [0.717, 1.165) is 26.9 Å². The van der Waals surface area contributed by atoms with Crippen LogP contribution in [0.2, 0.25) is 0 Å². The zero-order chi connectivity index (χ0) is 22.2. The third-order valence-corrected chi connectivity index (χ3v) is 7.01. The van der Waals surface area contributed by atoms with Crippen molar-refractivity contribution in [1.82, 2.24) is 25.1 Å². The number of thiazole rings is 1. The average molecular weight is 448 g/mol. The normalized spacial score (nSPS) is 14.7. The van der Waals surface area contributed by atoms with Gasteiger partial charge < -0.3 is 10.0 Å². The molecule has 1 amide bonds. The van der Waals surface area contributed by atoms with Crippen molar-refractivity contribution in [3.05, 3.63) is 54.0 Å². The number of carbonyl (C=O) groups excluding carboxylic acids is 1. The molecule has 0 saturated carbocycles. The van der Waals surface area contributed by atoms with Gasteiger partial charge in [-0.2, -0.15) is 5.10 Å². The molecular formula is C23H21N5O3S. The van der Waals surface area contributed by atoms with Crippen LogP contribution in [-0.2, 0) is 4.79 Å². The minimum absolute atomic E-state index is 0.189. The van der Waals surface area contributed by atoms with E-state index in [1.54, 1.807) is 17.3 Å². The summed E-state index contributed by atoms with van der Waals surface area (Å²) in [6.07, 6.45) is 4.30. The number of carboxylic acids is 1. The monoisotopic (exact) mass is 447 g/mol. The molecule has 0 atom stereocenters. The summed E-state index contributed by atoms with van der Waals surface area (Å²) in [6.45, 7) is 2.82. The van der Waals surface area contributed by atoms with E-state index < -0.39 is 11.9 Å². The molecule has 9 heteroatoms. The lowest BCUT2D eigenvalue weighted by atomic mass is 9.97. The third-order valence-electron chi connectivity index (χ3n) is 5.89. The summed E-state index contributed by atoms with van der Waals surface area (Å²) in [6, 6.07) is 9.72. The lowest BCUT2D eigenvalue weighted by molar-refractivity contribution is -0.143. The number of carbonyl (C=O) groups is 2. The molecule has 162 valence electrons. The van der Waals surface area contributed by atoms with E-state index in [4.69, 9.17) is 4.98 Å². The van der Waals surface area contributed by atoms with Crippen molar-refractivity contribution < 1.29 is 14.7 Å². The van der Waals surface area contributed by atoms with Crippen LogP contribution in [-0.4, -0.2) is 55.1 Å². The number of para-hydroxylation sites is 1. The Kier molecular flexibility index (Phi) is 5.18. The number of carboxylic acid groups (broad SMARTS) is 1. The van der Waals surface area contributed by atoms with Crippen LogP contribution >= 0.6 is 11.3 Å². The quantitative estimate of drug-likeness (QED) is 0.489. The maximum absolute atomic E-state index is 13.4. The molecule has 0 radical (unpaired) electrons. The van der Waals surface area contributed by atoms with Gasteiger partial charge in [0.05, 0.1) is 16.3 Å². The molecule has 4 heterocycles. The van der Waals surface area contributed by atoms with Gasteiger partial charge in [-0.3, -0.25) is 19.7 Å². The molecule has 32 heavy (non-hydrogen) atoms. The summed E-state index contributed by atoms with van der Waals surface area (Å²) < 4.78 is 0. The number of rotatable bonds is 4. The third kappa shape index (κ3) is 3.54. The molecule has 1 aromatic carbocycles. The highest BCUT2D eigenvalue weighted by Gasteiger charge is 2.31. The summed E-state index contributed by atoms with van der Waals surface area (Å²) in [4.78, 5) is 36.1. The Balaban J connectivity index is 1.56. The van der Waals surface area contributed by atoms with Gasteiger partial charge in [0.25, 0.3) is 5.91 Å². The van der Waals surface area contributed by atoms with Crippen LogP contribution in [0.25, 0.3) is 32.0 Å². The predicted molar refractivity (Wildman–Crippen MR) is 121 cm³/mol. The van der Waals surface area contributed by atoms with Gasteiger partial charge in [0.15, 0.2) is 0 Å². The Bertz CT molecular complexity index is 1310. The molecule has 3 aromatic heterocycles. The lowest BCUT2D eigenvalue weighted by Gasteiger charge is -2.29. The SMILES string of the molecule is Cc1cccc2c(-c3nc(C(=O)N4CCC(C(=O)O)CC4)c(-c4cccnc4)s3)n[nH]c12. The maximum atomic E-state index is 13.4. The van der Waals surface area contributed by atoms with Gasteiger partial charge in [-0.15, -0.1) is 11.3 Å². The van der Waals surface area contributed by atoms with Crippen molar-refractivity contribution in [2.75, 3.05) is 13.1 Å². The standard InChI is InChI=1S/C23H21N5O3S/c1-13-4-2-6-16-17(13)26-27-18(16)21-25-19(20(32-21)15-5-3-9-24-12-15)22(29)28-10-7-14(8-11-28)23(30)31/h2-6,9,12,14H,7-8,10-11H2,1H3,(H,26,27)(H,30,31). The van der Waals surface area contributed by atoms with Crippen molar-refractivity contribution in [2.24, 2.45) is 5.92 Å². The number of benzene rings is 1. The predicted octanol–water partition coefficient (Wildman–Crippen LogP) is 3.99. The Hall–Kier alpha value is -3.59. The Morgan fingerprint density at radius 3 is 2.72 bits per heavy atom. The summed E-state index contributed by atoms with van der Waals surface area (Å²) in [7, 11) is 0. The van der Waals surface area contributed by atoms with E-state index in [9.17, 15) is 14.7 Å². The number of H-pyrrole nitrogens is 1. The molecular weight excluding hydrogens is 426 g/mol. The second-order valence-electron chi connectivity index (χ2n) is 7.91. The molecule has 2 N–H and O–H groups in total. The fraction of sp³-hybridized carbons (Fsp3) is 0.261. The molecule has 0 unspecified atom stereocenters. The first-order valence-corrected chi connectivity index (χ1v) is 11.2. The number of aliphatic carboxylic acids is 1. The zero-order valence-corrected chi connectivity index (χ0v) is 18.2. The number of aromatic amines is 1.